The van der Waals surface area contributed by atoms with Crippen LogP contribution in [-0.4, -0.2) is 54.7 Å². The first-order valence-corrected chi connectivity index (χ1v) is 12.2. The van der Waals surface area contributed by atoms with Crippen molar-refractivity contribution >= 4 is 40.3 Å². The van der Waals surface area contributed by atoms with E-state index in [0.29, 0.717) is 60.3 Å². The third-order valence-corrected chi connectivity index (χ3v) is 6.10. The number of thiocarbonyl (C=S) groups is 1. The Balaban J connectivity index is 1.48. The van der Waals surface area contributed by atoms with Gasteiger partial charge in [-0.3, -0.25) is 9.69 Å². The normalized spacial score (nSPS) is 14.8. The number of amides is 1. The quantitative estimate of drug-likeness (QED) is 0.235. The van der Waals surface area contributed by atoms with Gasteiger partial charge >= 0.3 is 0 Å². The molecule has 1 fully saturated rings. The maximum absolute atomic E-state index is 12.4. The molecule has 1 heterocycles. The van der Waals surface area contributed by atoms with Crippen molar-refractivity contribution < 1.29 is 23.7 Å². The molecule has 0 radical (unpaired) electrons. The molecule has 0 saturated carbocycles. The molecular formula is C25H29NO5S2. The highest BCUT2D eigenvalue weighted by atomic mass is 32.2. The Kier molecular flexibility index (Phi) is 9.60. The lowest BCUT2D eigenvalue weighted by Gasteiger charge is -2.13. The van der Waals surface area contributed by atoms with E-state index >= 15 is 0 Å². The van der Waals surface area contributed by atoms with Crippen molar-refractivity contribution in [3.63, 3.8) is 0 Å². The van der Waals surface area contributed by atoms with Crippen molar-refractivity contribution in [3.8, 4) is 17.2 Å². The van der Waals surface area contributed by atoms with E-state index in [1.807, 2.05) is 69.3 Å². The standard InChI is InChI=1S/C25H29NO5S2/c1-4-26-24(27)23(33-25(26)32)17-19-9-10-21(22(16-19)29-5-2)31-14-12-28-11-13-30-20-8-6-7-18(3)15-20/h6-10,15-17H,4-5,11-14H2,1-3H3/b23-17-. The molecule has 0 N–H and O–H groups in total. The first-order chi connectivity index (χ1) is 16.0. The van der Waals surface area contributed by atoms with Gasteiger partial charge < -0.3 is 18.9 Å². The lowest BCUT2D eigenvalue weighted by atomic mass is 10.2. The lowest BCUT2D eigenvalue weighted by molar-refractivity contribution is -0.121. The molecule has 8 heteroatoms. The summed E-state index contributed by atoms with van der Waals surface area (Å²) < 4.78 is 23.5. The molecule has 3 rings (SSSR count). The molecule has 0 aromatic heterocycles. The molecule has 0 atom stereocenters. The van der Waals surface area contributed by atoms with Crippen molar-refractivity contribution in [2.75, 3.05) is 39.6 Å². The second-order valence-corrected chi connectivity index (χ2v) is 8.87. The summed E-state index contributed by atoms with van der Waals surface area (Å²) in [6.45, 7) is 8.71. The third-order valence-electron chi connectivity index (χ3n) is 4.73. The van der Waals surface area contributed by atoms with Gasteiger partial charge in [0.1, 0.15) is 23.3 Å². The van der Waals surface area contributed by atoms with Crippen LogP contribution in [0.25, 0.3) is 6.08 Å². The summed E-state index contributed by atoms with van der Waals surface area (Å²) in [6.07, 6.45) is 1.83. The van der Waals surface area contributed by atoms with Crippen LogP contribution >= 0.6 is 24.0 Å². The molecule has 1 saturated heterocycles. The van der Waals surface area contributed by atoms with Crippen LogP contribution in [0.2, 0.25) is 0 Å². The molecule has 0 spiro atoms. The number of benzene rings is 2. The van der Waals surface area contributed by atoms with Crippen LogP contribution < -0.4 is 14.2 Å². The van der Waals surface area contributed by atoms with Crippen LogP contribution in [-0.2, 0) is 9.53 Å². The molecule has 1 aliphatic rings. The van der Waals surface area contributed by atoms with Gasteiger partial charge in [0, 0.05) is 6.54 Å². The zero-order valence-electron chi connectivity index (χ0n) is 19.2. The molecule has 1 aliphatic heterocycles. The van der Waals surface area contributed by atoms with Crippen LogP contribution in [0.1, 0.15) is 25.0 Å². The SMILES string of the molecule is CCOc1cc(/C=C2\SC(=S)N(CC)C2=O)ccc1OCCOCCOc1cccc(C)c1. The summed E-state index contributed by atoms with van der Waals surface area (Å²) in [5.41, 5.74) is 2.01. The smallest absolute Gasteiger partial charge is 0.266 e. The van der Waals surface area contributed by atoms with E-state index in [9.17, 15) is 4.79 Å². The largest absolute Gasteiger partial charge is 0.491 e. The number of hydrogen-bond donors (Lipinski definition) is 0. The predicted molar refractivity (Wildman–Crippen MR) is 136 cm³/mol. The van der Waals surface area contributed by atoms with E-state index in [1.54, 1.807) is 4.90 Å². The van der Waals surface area contributed by atoms with E-state index in [2.05, 4.69) is 0 Å². The van der Waals surface area contributed by atoms with Crippen molar-refractivity contribution in [1.82, 2.24) is 4.90 Å². The Hall–Kier alpha value is -2.55. The number of carbonyl (C=O) groups excluding carboxylic acids is 1. The Morgan fingerprint density at radius 3 is 2.45 bits per heavy atom. The van der Waals surface area contributed by atoms with Crippen molar-refractivity contribution in [1.29, 1.82) is 0 Å². The minimum Gasteiger partial charge on any atom is -0.491 e. The average Bonchev–Trinajstić information content (AvgIpc) is 3.06. The second-order valence-electron chi connectivity index (χ2n) is 7.19. The van der Waals surface area contributed by atoms with E-state index in [4.69, 9.17) is 31.2 Å². The number of thioether (sulfide) groups is 1. The number of ether oxygens (including phenoxy) is 4. The van der Waals surface area contributed by atoms with Gasteiger partial charge in [0.05, 0.1) is 24.7 Å². The maximum atomic E-state index is 12.4. The molecule has 1 amide bonds. The topological polar surface area (TPSA) is 57.2 Å². The molecule has 6 nitrogen and oxygen atoms in total. The highest BCUT2D eigenvalue weighted by Crippen LogP contribution is 2.34. The molecule has 176 valence electrons. The van der Waals surface area contributed by atoms with E-state index < -0.39 is 0 Å². The summed E-state index contributed by atoms with van der Waals surface area (Å²) in [6, 6.07) is 13.5. The monoisotopic (exact) mass is 487 g/mol. The van der Waals surface area contributed by atoms with Crippen LogP contribution in [0.3, 0.4) is 0 Å². The molecule has 0 unspecified atom stereocenters. The Bertz CT molecular complexity index is 1010. The van der Waals surface area contributed by atoms with Gasteiger partial charge in [-0.05, 0) is 62.2 Å². The van der Waals surface area contributed by atoms with Gasteiger partial charge in [-0.25, -0.2) is 0 Å². The fraction of sp³-hybridized carbons (Fsp3) is 0.360. The third kappa shape index (κ3) is 7.22. The Morgan fingerprint density at radius 2 is 1.76 bits per heavy atom. The molecule has 2 aromatic rings. The van der Waals surface area contributed by atoms with Crippen molar-refractivity contribution in [2.24, 2.45) is 0 Å². The maximum Gasteiger partial charge on any atom is 0.266 e. The predicted octanol–water partition coefficient (Wildman–Crippen LogP) is 5.09. The van der Waals surface area contributed by atoms with Gasteiger partial charge in [0.2, 0.25) is 0 Å². The summed E-state index contributed by atoms with van der Waals surface area (Å²) in [4.78, 5) is 14.7. The second kappa shape index (κ2) is 12.6. The molecule has 2 aromatic carbocycles. The highest BCUT2D eigenvalue weighted by molar-refractivity contribution is 8.26. The number of nitrogens with zero attached hydrogens (tertiary/aromatic N) is 1. The minimum absolute atomic E-state index is 0.0608. The number of hydrogen-bond acceptors (Lipinski definition) is 7. The Labute approximate surface area is 204 Å². The summed E-state index contributed by atoms with van der Waals surface area (Å²) in [5.74, 6) is 2.04. The van der Waals surface area contributed by atoms with E-state index in [1.165, 1.54) is 11.8 Å². The van der Waals surface area contributed by atoms with Gasteiger partial charge in [-0.2, -0.15) is 0 Å². The molecule has 33 heavy (non-hydrogen) atoms. The molecule has 0 bridgehead atoms. The number of aryl methyl sites for hydroxylation is 1. The summed E-state index contributed by atoms with van der Waals surface area (Å²) in [5, 5.41) is 0. The fourth-order valence-corrected chi connectivity index (χ4v) is 4.55. The summed E-state index contributed by atoms with van der Waals surface area (Å²) >= 11 is 6.59. The first kappa shape index (κ1) is 25.1. The van der Waals surface area contributed by atoms with Crippen molar-refractivity contribution in [3.05, 3.63) is 58.5 Å². The number of carbonyl (C=O) groups is 1. The van der Waals surface area contributed by atoms with Crippen molar-refractivity contribution in [2.45, 2.75) is 20.8 Å². The van der Waals surface area contributed by atoms with Gasteiger partial charge in [-0.15, -0.1) is 0 Å². The van der Waals surface area contributed by atoms with Crippen LogP contribution in [0, 0.1) is 6.92 Å². The zero-order valence-corrected chi connectivity index (χ0v) is 20.8. The fourth-order valence-electron chi connectivity index (χ4n) is 3.16. The van der Waals surface area contributed by atoms with E-state index in [0.717, 1.165) is 16.9 Å². The van der Waals surface area contributed by atoms with Crippen LogP contribution in [0.4, 0.5) is 0 Å². The number of likely N-dealkylation sites (N-methyl/N-ethyl adjacent to an activating group) is 1. The minimum atomic E-state index is -0.0608. The average molecular weight is 488 g/mol. The zero-order chi connectivity index (χ0) is 23.6. The lowest BCUT2D eigenvalue weighted by Crippen LogP contribution is -2.27. The number of rotatable bonds is 12. The van der Waals surface area contributed by atoms with Gasteiger partial charge in [0.15, 0.2) is 11.5 Å². The molecular weight excluding hydrogens is 458 g/mol. The van der Waals surface area contributed by atoms with Crippen LogP contribution in [0.15, 0.2) is 47.4 Å². The van der Waals surface area contributed by atoms with Gasteiger partial charge in [-0.1, -0.05) is 42.2 Å². The van der Waals surface area contributed by atoms with Crippen LogP contribution in [0.5, 0.6) is 17.2 Å². The first-order valence-electron chi connectivity index (χ1n) is 10.9. The molecule has 0 aliphatic carbocycles. The van der Waals surface area contributed by atoms with Gasteiger partial charge in [0.25, 0.3) is 5.91 Å². The summed E-state index contributed by atoms with van der Waals surface area (Å²) in [7, 11) is 0. The van der Waals surface area contributed by atoms with E-state index in [-0.39, 0.29) is 5.91 Å². The highest BCUT2D eigenvalue weighted by Gasteiger charge is 2.30. The Morgan fingerprint density at radius 1 is 0.970 bits per heavy atom.